The van der Waals surface area contributed by atoms with Crippen LogP contribution < -0.4 is 15.4 Å². The number of fused-ring (bicyclic) bond motifs is 1. The van der Waals surface area contributed by atoms with Gasteiger partial charge < -0.3 is 29.6 Å². The van der Waals surface area contributed by atoms with Gasteiger partial charge in [-0.15, -0.1) is 0 Å². The van der Waals surface area contributed by atoms with Crippen LogP contribution in [0.5, 0.6) is 5.75 Å². The molecule has 10 heteroatoms. The average molecular weight is 601 g/mol. The average Bonchev–Trinajstić information content (AvgIpc) is 3.37. The molecule has 0 spiro atoms. The van der Waals surface area contributed by atoms with Crippen molar-refractivity contribution in [2.75, 3.05) is 18.4 Å². The summed E-state index contributed by atoms with van der Waals surface area (Å²) in [4.78, 5) is 32.3. The van der Waals surface area contributed by atoms with Crippen molar-refractivity contribution in [2.45, 2.75) is 103 Å². The van der Waals surface area contributed by atoms with Gasteiger partial charge >= 0.3 is 6.09 Å². The number of nitrogens with zero attached hydrogens (tertiary/aromatic N) is 4. The number of ether oxygens (including phenoxy) is 2. The van der Waals surface area contributed by atoms with E-state index in [9.17, 15) is 14.9 Å². The number of aromatic nitrogens is 2. The first-order valence-corrected chi connectivity index (χ1v) is 15.8. The SMILES string of the molecule is CC(C(=O)NC1CCCCC1)n1c(CNc2ccc(OC3CCN(C(=O)OC(C)(C)C)CC3)cc2)nc2cc(C#N)ccc21. The molecule has 1 aromatic heterocycles. The van der Waals surface area contributed by atoms with Crippen molar-refractivity contribution < 1.29 is 19.1 Å². The zero-order valence-electron chi connectivity index (χ0n) is 26.3. The highest BCUT2D eigenvalue weighted by atomic mass is 16.6. The third-order valence-corrected chi connectivity index (χ3v) is 8.31. The molecule has 0 radical (unpaired) electrons. The summed E-state index contributed by atoms with van der Waals surface area (Å²) in [7, 11) is 0. The standard InChI is InChI=1S/C34H44N6O4/c1-23(32(41)37-26-8-6-5-7-9-26)40-30-15-10-24(21-35)20-29(30)38-31(40)22-36-25-11-13-27(14-12-25)43-28-16-18-39(19-17-28)33(42)44-34(2,3)4/h10-15,20,23,26,28,36H,5-9,16-19,22H2,1-4H3,(H,37,41). The van der Waals surface area contributed by atoms with Crippen LogP contribution in [0, 0.1) is 11.3 Å². The van der Waals surface area contributed by atoms with Crippen molar-refractivity contribution in [2.24, 2.45) is 0 Å². The van der Waals surface area contributed by atoms with Crippen LogP contribution in [0.4, 0.5) is 10.5 Å². The summed E-state index contributed by atoms with van der Waals surface area (Å²) in [5.41, 5.74) is 2.45. The fraction of sp³-hybridized carbons (Fsp3) is 0.529. The van der Waals surface area contributed by atoms with Gasteiger partial charge in [0.15, 0.2) is 0 Å². The molecular weight excluding hydrogens is 556 g/mol. The van der Waals surface area contributed by atoms with E-state index in [4.69, 9.17) is 14.5 Å². The van der Waals surface area contributed by atoms with Gasteiger partial charge in [0, 0.05) is 37.7 Å². The highest BCUT2D eigenvalue weighted by molar-refractivity contribution is 5.85. The first kappa shape index (κ1) is 31.2. The number of likely N-dealkylation sites (tertiary alicyclic amines) is 1. The van der Waals surface area contributed by atoms with Crippen molar-refractivity contribution in [1.29, 1.82) is 5.26 Å². The lowest BCUT2D eigenvalue weighted by Crippen LogP contribution is -2.44. The second-order valence-corrected chi connectivity index (χ2v) is 12.9. The second kappa shape index (κ2) is 13.6. The van der Waals surface area contributed by atoms with E-state index in [0.29, 0.717) is 30.7 Å². The summed E-state index contributed by atoms with van der Waals surface area (Å²) in [6.07, 6.45) is 6.82. The third kappa shape index (κ3) is 7.81. The van der Waals surface area contributed by atoms with Crippen LogP contribution in [-0.2, 0) is 16.1 Å². The Morgan fingerprint density at radius 3 is 2.41 bits per heavy atom. The minimum Gasteiger partial charge on any atom is -0.490 e. The number of hydrogen-bond donors (Lipinski definition) is 2. The van der Waals surface area contributed by atoms with Crippen molar-refractivity contribution in [3.05, 3.63) is 53.9 Å². The Morgan fingerprint density at radius 2 is 1.75 bits per heavy atom. The predicted octanol–water partition coefficient (Wildman–Crippen LogP) is 6.31. The molecule has 1 atom stereocenters. The fourth-order valence-electron chi connectivity index (χ4n) is 5.97. The highest BCUT2D eigenvalue weighted by Crippen LogP contribution is 2.26. The van der Waals surface area contributed by atoms with Crippen LogP contribution in [0.1, 0.15) is 90.1 Å². The van der Waals surface area contributed by atoms with Gasteiger partial charge in [0.25, 0.3) is 0 Å². The lowest BCUT2D eigenvalue weighted by molar-refractivity contribution is -0.124. The number of nitrogens with one attached hydrogen (secondary N) is 2. The molecule has 10 nitrogen and oxygen atoms in total. The van der Waals surface area contributed by atoms with Crippen molar-refractivity contribution in [3.8, 4) is 11.8 Å². The summed E-state index contributed by atoms with van der Waals surface area (Å²) >= 11 is 0. The Balaban J connectivity index is 1.21. The van der Waals surface area contributed by atoms with Crippen molar-refractivity contribution in [1.82, 2.24) is 19.8 Å². The molecule has 2 aliphatic rings. The maximum absolute atomic E-state index is 13.3. The van der Waals surface area contributed by atoms with E-state index >= 15 is 0 Å². The molecule has 1 aliphatic carbocycles. The highest BCUT2D eigenvalue weighted by Gasteiger charge is 2.28. The minimum atomic E-state index is -0.505. The van der Waals surface area contributed by atoms with Crippen LogP contribution in [0.15, 0.2) is 42.5 Å². The summed E-state index contributed by atoms with van der Waals surface area (Å²) in [6, 6.07) is 15.2. The first-order chi connectivity index (χ1) is 21.1. The Hall–Kier alpha value is -4.26. The maximum Gasteiger partial charge on any atom is 0.410 e. The second-order valence-electron chi connectivity index (χ2n) is 12.9. The summed E-state index contributed by atoms with van der Waals surface area (Å²) in [5.74, 6) is 1.48. The van der Waals surface area contributed by atoms with E-state index in [2.05, 4.69) is 16.7 Å². The van der Waals surface area contributed by atoms with Crippen LogP contribution >= 0.6 is 0 Å². The molecule has 234 valence electrons. The van der Waals surface area contributed by atoms with Gasteiger partial charge in [-0.1, -0.05) is 19.3 Å². The molecule has 3 aromatic rings. The molecule has 2 aromatic carbocycles. The van der Waals surface area contributed by atoms with Crippen LogP contribution in [-0.4, -0.2) is 57.3 Å². The topological polar surface area (TPSA) is 122 Å². The van der Waals surface area contributed by atoms with Gasteiger partial charge in [-0.25, -0.2) is 9.78 Å². The van der Waals surface area contributed by atoms with E-state index in [0.717, 1.165) is 61.3 Å². The van der Waals surface area contributed by atoms with E-state index < -0.39 is 11.6 Å². The van der Waals surface area contributed by atoms with E-state index in [-0.39, 0.29) is 24.1 Å². The van der Waals surface area contributed by atoms with Gasteiger partial charge in [0.2, 0.25) is 5.91 Å². The normalized spacial score (nSPS) is 17.1. The van der Waals surface area contributed by atoms with E-state index in [1.165, 1.54) is 6.42 Å². The molecule has 2 amide bonds. The number of nitriles is 1. The van der Waals surface area contributed by atoms with E-state index in [1.54, 1.807) is 17.0 Å². The number of carbonyl (C=O) groups is 2. The third-order valence-electron chi connectivity index (χ3n) is 8.31. The Kier molecular flexibility index (Phi) is 9.62. The number of rotatable bonds is 8. The lowest BCUT2D eigenvalue weighted by atomic mass is 9.95. The molecular formula is C34H44N6O4. The van der Waals surface area contributed by atoms with Gasteiger partial charge in [-0.2, -0.15) is 5.26 Å². The lowest BCUT2D eigenvalue weighted by Gasteiger charge is -2.33. The quantitative estimate of drug-likeness (QED) is 0.311. The molecule has 0 bridgehead atoms. The van der Waals surface area contributed by atoms with Crippen LogP contribution in [0.25, 0.3) is 11.0 Å². The Bertz CT molecular complexity index is 1490. The fourth-order valence-corrected chi connectivity index (χ4v) is 5.97. The summed E-state index contributed by atoms with van der Waals surface area (Å²) in [6.45, 7) is 9.14. The zero-order valence-corrected chi connectivity index (χ0v) is 26.3. The molecule has 2 fully saturated rings. The van der Waals surface area contributed by atoms with Crippen LogP contribution in [0.3, 0.4) is 0 Å². The van der Waals surface area contributed by atoms with Gasteiger partial charge in [0.1, 0.15) is 29.3 Å². The number of piperidine rings is 1. The number of imidazole rings is 1. The zero-order chi connectivity index (χ0) is 31.3. The largest absolute Gasteiger partial charge is 0.490 e. The van der Waals surface area contributed by atoms with Crippen molar-refractivity contribution >= 4 is 28.7 Å². The van der Waals surface area contributed by atoms with Gasteiger partial charge in [0.05, 0.1) is 29.2 Å². The number of benzene rings is 2. The molecule has 2 N–H and O–H groups in total. The monoisotopic (exact) mass is 600 g/mol. The first-order valence-electron chi connectivity index (χ1n) is 15.8. The molecule has 1 saturated heterocycles. The molecule has 44 heavy (non-hydrogen) atoms. The van der Waals surface area contributed by atoms with E-state index in [1.807, 2.05) is 62.6 Å². The van der Waals surface area contributed by atoms with Gasteiger partial charge in [-0.05, 0) is 83.0 Å². The number of amides is 2. The smallest absolute Gasteiger partial charge is 0.410 e. The molecule has 1 saturated carbocycles. The number of anilines is 1. The van der Waals surface area contributed by atoms with Gasteiger partial charge in [-0.3, -0.25) is 4.79 Å². The Morgan fingerprint density at radius 1 is 1.05 bits per heavy atom. The Labute approximate surface area is 259 Å². The molecule has 2 heterocycles. The summed E-state index contributed by atoms with van der Waals surface area (Å²) < 4.78 is 13.7. The molecule has 5 rings (SSSR count). The maximum atomic E-state index is 13.3. The number of hydrogen-bond acceptors (Lipinski definition) is 7. The molecule has 1 unspecified atom stereocenters. The van der Waals surface area contributed by atoms with Crippen LogP contribution in [0.2, 0.25) is 0 Å². The number of carbonyl (C=O) groups excluding carboxylic acids is 2. The molecule has 1 aliphatic heterocycles. The summed E-state index contributed by atoms with van der Waals surface area (Å²) in [5, 5.41) is 16.1. The minimum absolute atomic E-state index is 0.0137. The van der Waals surface area contributed by atoms with Crippen molar-refractivity contribution in [3.63, 3.8) is 0 Å². The predicted molar refractivity (Wildman–Crippen MR) is 169 cm³/mol.